The van der Waals surface area contributed by atoms with Gasteiger partial charge in [-0.3, -0.25) is 4.79 Å². The van der Waals surface area contributed by atoms with Crippen LogP contribution in [0.2, 0.25) is 0 Å². The Bertz CT molecular complexity index is 434. The molecule has 0 radical (unpaired) electrons. The number of nitrogens with one attached hydrogen (secondary N) is 1. The Morgan fingerprint density at radius 2 is 2.37 bits per heavy atom. The van der Waals surface area contributed by atoms with Gasteiger partial charge in [0.1, 0.15) is 5.75 Å². The number of ether oxygens (including phenoxy) is 1. The van der Waals surface area contributed by atoms with Gasteiger partial charge < -0.3 is 15.0 Å². The van der Waals surface area contributed by atoms with Crippen LogP contribution in [0, 0.1) is 0 Å². The minimum Gasteiger partial charge on any atom is -0.497 e. The lowest BCUT2D eigenvalue weighted by Gasteiger charge is -2.34. The second-order valence-corrected chi connectivity index (χ2v) is 4.99. The highest BCUT2D eigenvalue weighted by Crippen LogP contribution is 2.15. The number of benzene rings is 1. The Hall–Kier alpha value is -1.55. The zero-order chi connectivity index (χ0) is 13.7. The minimum absolute atomic E-state index is 0.247. The summed E-state index contributed by atoms with van der Waals surface area (Å²) < 4.78 is 5.19. The van der Waals surface area contributed by atoms with Crippen molar-refractivity contribution in [3.63, 3.8) is 0 Å². The van der Waals surface area contributed by atoms with Crippen LogP contribution in [0.25, 0.3) is 0 Å². The number of aryl methyl sites for hydroxylation is 1. The van der Waals surface area contributed by atoms with E-state index in [1.807, 2.05) is 29.2 Å². The van der Waals surface area contributed by atoms with E-state index in [1.165, 1.54) is 0 Å². The van der Waals surface area contributed by atoms with Gasteiger partial charge in [-0.05, 0) is 31.0 Å². The third-order valence-corrected chi connectivity index (χ3v) is 3.58. The standard InChI is InChI=1S/C15H22N2O2/c1-12-11-16-8-9-17(12)15(18)7-6-13-4-3-5-14(10-13)19-2/h3-5,10,12,16H,6-9,11H2,1-2H3/t12-/m1/s1. The van der Waals surface area contributed by atoms with Gasteiger partial charge in [-0.2, -0.15) is 0 Å². The van der Waals surface area contributed by atoms with Crippen LogP contribution in [0.5, 0.6) is 5.75 Å². The van der Waals surface area contributed by atoms with E-state index < -0.39 is 0 Å². The number of nitrogens with zero attached hydrogens (tertiary/aromatic N) is 1. The van der Waals surface area contributed by atoms with E-state index in [4.69, 9.17) is 4.74 Å². The summed E-state index contributed by atoms with van der Waals surface area (Å²) >= 11 is 0. The Morgan fingerprint density at radius 3 is 3.11 bits per heavy atom. The van der Waals surface area contributed by atoms with Gasteiger partial charge in [0, 0.05) is 32.1 Å². The van der Waals surface area contributed by atoms with Crippen molar-refractivity contribution in [1.82, 2.24) is 10.2 Å². The molecule has 2 rings (SSSR count). The molecule has 19 heavy (non-hydrogen) atoms. The monoisotopic (exact) mass is 262 g/mol. The number of hydrogen-bond acceptors (Lipinski definition) is 3. The van der Waals surface area contributed by atoms with Gasteiger partial charge in [0.15, 0.2) is 0 Å². The lowest BCUT2D eigenvalue weighted by molar-refractivity contribution is -0.133. The SMILES string of the molecule is COc1cccc(CCC(=O)N2CCNC[C@H]2C)c1. The van der Waals surface area contributed by atoms with E-state index >= 15 is 0 Å². The molecule has 4 heteroatoms. The first-order valence-electron chi connectivity index (χ1n) is 6.84. The predicted octanol–water partition coefficient (Wildman–Crippen LogP) is 1.45. The molecule has 1 fully saturated rings. The molecule has 1 saturated heterocycles. The highest BCUT2D eigenvalue weighted by molar-refractivity contribution is 5.77. The molecular weight excluding hydrogens is 240 g/mol. The van der Waals surface area contributed by atoms with Crippen molar-refractivity contribution in [3.8, 4) is 5.75 Å². The number of amides is 1. The lowest BCUT2D eigenvalue weighted by Crippen LogP contribution is -2.52. The Labute approximate surface area is 114 Å². The molecule has 1 N–H and O–H groups in total. The van der Waals surface area contributed by atoms with Crippen LogP contribution in [0.1, 0.15) is 18.9 Å². The molecule has 1 amide bonds. The van der Waals surface area contributed by atoms with Crippen molar-refractivity contribution in [2.75, 3.05) is 26.7 Å². The maximum Gasteiger partial charge on any atom is 0.223 e. The van der Waals surface area contributed by atoms with E-state index in [0.29, 0.717) is 12.5 Å². The van der Waals surface area contributed by atoms with Crippen LogP contribution >= 0.6 is 0 Å². The van der Waals surface area contributed by atoms with Crippen LogP contribution in [-0.4, -0.2) is 43.6 Å². The van der Waals surface area contributed by atoms with E-state index in [9.17, 15) is 4.79 Å². The maximum absolute atomic E-state index is 12.2. The molecular formula is C15H22N2O2. The normalized spacial score (nSPS) is 19.3. The summed E-state index contributed by atoms with van der Waals surface area (Å²) in [6.45, 7) is 4.70. The van der Waals surface area contributed by atoms with Crippen LogP contribution in [0.4, 0.5) is 0 Å². The van der Waals surface area contributed by atoms with Crippen molar-refractivity contribution in [3.05, 3.63) is 29.8 Å². The molecule has 0 unspecified atom stereocenters. The minimum atomic E-state index is 0.247. The number of piperazine rings is 1. The summed E-state index contributed by atoms with van der Waals surface area (Å²) in [5.74, 6) is 1.09. The first-order chi connectivity index (χ1) is 9.20. The molecule has 0 saturated carbocycles. The Balaban J connectivity index is 1.88. The molecule has 1 atom stereocenters. The van der Waals surface area contributed by atoms with Crippen LogP contribution in [-0.2, 0) is 11.2 Å². The number of carbonyl (C=O) groups excluding carboxylic acids is 1. The summed E-state index contributed by atoms with van der Waals surface area (Å²) in [6, 6.07) is 8.22. The highest BCUT2D eigenvalue weighted by atomic mass is 16.5. The van der Waals surface area contributed by atoms with Gasteiger partial charge in [0.2, 0.25) is 5.91 Å². The van der Waals surface area contributed by atoms with Crippen molar-refractivity contribution < 1.29 is 9.53 Å². The fourth-order valence-corrected chi connectivity index (χ4v) is 2.43. The quantitative estimate of drug-likeness (QED) is 0.893. The molecule has 1 aromatic carbocycles. The van der Waals surface area contributed by atoms with Gasteiger partial charge in [-0.15, -0.1) is 0 Å². The van der Waals surface area contributed by atoms with Crippen molar-refractivity contribution in [2.24, 2.45) is 0 Å². The van der Waals surface area contributed by atoms with Crippen molar-refractivity contribution in [2.45, 2.75) is 25.8 Å². The smallest absolute Gasteiger partial charge is 0.223 e. The van der Waals surface area contributed by atoms with E-state index in [-0.39, 0.29) is 5.91 Å². The third-order valence-electron chi connectivity index (χ3n) is 3.58. The summed E-state index contributed by atoms with van der Waals surface area (Å²) in [4.78, 5) is 14.2. The first-order valence-corrected chi connectivity index (χ1v) is 6.84. The average Bonchev–Trinajstić information content (AvgIpc) is 2.45. The molecule has 1 aliphatic heterocycles. The summed E-state index contributed by atoms with van der Waals surface area (Å²) in [5.41, 5.74) is 1.15. The molecule has 1 heterocycles. The molecule has 0 bridgehead atoms. The zero-order valence-corrected chi connectivity index (χ0v) is 11.7. The average molecular weight is 262 g/mol. The topological polar surface area (TPSA) is 41.6 Å². The summed E-state index contributed by atoms with van der Waals surface area (Å²) in [6.07, 6.45) is 1.34. The fraction of sp³-hybridized carbons (Fsp3) is 0.533. The first kappa shape index (κ1) is 13.9. The largest absolute Gasteiger partial charge is 0.497 e. The molecule has 0 aromatic heterocycles. The molecule has 0 aliphatic carbocycles. The van der Waals surface area contributed by atoms with Crippen molar-refractivity contribution >= 4 is 5.91 Å². The Morgan fingerprint density at radius 1 is 1.53 bits per heavy atom. The number of rotatable bonds is 4. The van der Waals surface area contributed by atoms with Gasteiger partial charge in [-0.25, -0.2) is 0 Å². The number of methoxy groups -OCH3 is 1. The third kappa shape index (κ3) is 3.70. The van der Waals surface area contributed by atoms with Gasteiger partial charge in [0.05, 0.1) is 7.11 Å². The number of hydrogen-bond donors (Lipinski definition) is 1. The summed E-state index contributed by atoms with van der Waals surface area (Å²) in [7, 11) is 1.66. The Kier molecular flexibility index (Phi) is 4.80. The van der Waals surface area contributed by atoms with Crippen molar-refractivity contribution in [1.29, 1.82) is 0 Å². The van der Waals surface area contributed by atoms with E-state index in [1.54, 1.807) is 7.11 Å². The van der Waals surface area contributed by atoms with Crippen LogP contribution in [0.3, 0.4) is 0 Å². The van der Waals surface area contributed by atoms with Crippen LogP contribution < -0.4 is 10.1 Å². The fourth-order valence-electron chi connectivity index (χ4n) is 2.43. The highest BCUT2D eigenvalue weighted by Gasteiger charge is 2.22. The van der Waals surface area contributed by atoms with Gasteiger partial charge >= 0.3 is 0 Å². The summed E-state index contributed by atoms with van der Waals surface area (Å²) in [5, 5.41) is 3.30. The molecule has 0 spiro atoms. The lowest BCUT2D eigenvalue weighted by atomic mass is 10.1. The second kappa shape index (κ2) is 6.57. The van der Waals surface area contributed by atoms with Gasteiger partial charge in [0.25, 0.3) is 0 Å². The maximum atomic E-state index is 12.2. The molecule has 1 aliphatic rings. The second-order valence-electron chi connectivity index (χ2n) is 4.99. The van der Waals surface area contributed by atoms with Gasteiger partial charge in [-0.1, -0.05) is 12.1 Å². The number of carbonyl (C=O) groups is 1. The molecule has 1 aromatic rings. The van der Waals surface area contributed by atoms with E-state index in [2.05, 4.69) is 12.2 Å². The molecule has 104 valence electrons. The zero-order valence-electron chi connectivity index (χ0n) is 11.7. The molecule has 4 nitrogen and oxygen atoms in total. The van der Waals surface area contributed by atoms with E-state index in [0.717, 1.165) is 37.4 Å². The predicted molar refractivity (Wildman–Crippen MR) is 75.4 cm³/mol. The van der Waals surface area contributed by atoms with Crippen LogP contribution in [0.15, 0.2) is 24.3 Å².